The van der Waals surface area contributed by atoms with Crippen LogP contribution >= 0.6 is 0 Å². The van der Waals surface area contributed by atoms with E-state index in [1.165, 1.54) is 24.3 Å². The third kappa shape index (κ3) is 2.99. The second kappa shape index (κ2) is 6.16. The van der Waals surface area contributed by atoms with Crippen LogP contribution in [0.2, 0.25) is 0 Å². The summed E-state index contributed by atoms with van der Waals surface area (Å²) in [4.78, 5) is 36.6. The largest absolute Gasteiger partial charge is 0.545 e. The maximum atomic E-state index is 12.5. The topological polar surface area (TPSA) is 89.5 Å². The second-order valence-corrected chi connectivity index (χ2v) is 5.67. The van der Waals surface area contributed by atoms with E-state index >= 15 is 0 Å². The summed E-state index contributed by atoms with van der Waals surface area (Å²) in [6.07, 6.45) is 0.0505. The number of nitrogens with zero attached hydrogens (tertiary/aromatic N) is 1. The zero-order chi connectivity index (χ0) is 17.3. The van der Waals surface area contributed by atoms with Crippen LogP contribution in [0.5, 0.6) is 0 Å². The van der Waals surface area contributed by atoms with Gasteiger partial charge in [0.15, 0.2) is 0 Å². The van der Waals surface area contributed by atoms with Gasteiger partial charge in [0, 0.05) is 5.69 Å². The number of rotatable bonds is 4. The number of aryl methyl sites for hydroxylation is 1. The van der Waals surface area contributed by atoms with Crippen LogP contribution in [0.15, 0.2) is 48.5 Å². The Morgan fingerprint density at radius 1 is 1.08 bits per heavy atom. The molecule has 6 nitrogen and oxygen atoms in total. The molecule has 2 aromatic rings. The van der Waals surface area contributed by atoms with Gasteiger partial charge in [-0.15, -0.1) is 0 Å². The van der Waals surface area contributed by atoms with Crippen molar-refractivity contribution in [3.8, 4) is 0 Å². The number of amides is 2. The molecule has 1 heterocycles. The Bertz CT molecular complexity index is 797. The molecule has 1 saturated heterocycles. The molecule has 3 rings (SSSR count). The van der Waals surface area contributed by atoms with Crippen molar-refractivity contribution in [2.45, 2.75) is 19.4 Å². The molecular formula is C18H15N2O4-. The molecule has 0 radical (unpaired) electrons. The van der Waals surface area contributed by atoms with Crippen LogP contribution in [0.4, 0.5) is 11.4 Å². The third-order valence-corrected chi connectivity index (χ3v) is 3.90. The van der Waals surface area contributed by atoms with Gasteiger partial charge < -0.3 is 15.2 Å². The average molecular weight is 323 g/mol. The number of hydrogen-bond acceptors (Lipinski definition) is 5. The average Bonchev–Trinajstić information content (AvgIpc) is 2.83. The fourth-order valence-electron chi connectivity index (χ4n) is 2.61. The Labute approximate surface area is 138 Å². The van der Waals surface area contributed by atoms with Crippen molar-refractivity contribution in [1.29, 1.82) is 0 Å². The molecule has 2 aromatic carbocycles. The molecule has 0 spiro atoms. The van der Waals surface area contributed by atoms with Crippen molar-refractivity contribution < 1.29 is 19.5 Å². The van der Waals surface area contributed by atoms with Gasteiger partial charge in [0.05, 0.1) is 18.1 Å². The molecular weight excluding hydrogens is 308 g/mol. The first kappa shape index (κ1) is 15.7. The summed E-state index contributed by atoms with van der Waals surface area (Å²) < 4.78 is 0. The Hall–Kier alpha value is -3.15. The smallest absolute Gasteiger partial charge is 0.256 e. The van der Waals surface area contributed by atoms with Gasteiger partial charge in [-0.2, -0.15) is 0 Å². The molecule has 122 valence electrons. The normalized spacial score (nSPS) is 17.2. The minimum atomic E-state index is -1.31. The standard InChI is InChI=1S/C18H16N2O4/c1-11-2-6-13(7-3-11)19-15-10-16(21)20(17(15)22)14-8-4-12(5-9-14)18(23)24/h2-9,15,19H,10H2,1H3,(H,23,24)/p-1/t15-/m1/s1. The number of hydrogen-bond donors (Lipinski definition) is 1. The van der Waals surface area contributed by atoms with Crippen LogP contribution in [0, 0.1) is 6.92 Å². The predicted octanol–water partition coefficient (Wildman–Crippen LogP) is 1.10. The lowest BCUT2D eigenvalue weighted by atomic mass is 10.2. The van der Waals surface area contributed by atoms with Crippen LogP contribution in [-0.4, -0.2) is 23.8 Å². The monoisotopic (exact) mass is 323 g/mol. The van der Waals surface area contributed by atoms with Crippen LogP contribution < -0.4 is 15.3 Å². The minimum Gasteiger partial charge on any atom is -0.545 e. The zero-order valence-corrected chi connectivity index (χ0v) is 13.0. The Morgan fingerprint density at radius 2 is 1.71 bits per heavy atom. The predicted molar refractivity (Wildman–Crippen MR) is 86.5 cm³/mol. The molecule has 0 unspecified atom stereocenters. The summed E-state index contributed by atoms with van der Waals surface area (Å²) in [7, 11) is 0. The second-order valence-electron chi connectivity index (χ2n) is 5.67. The van der Waals surface area contributed by atoms with Gasteiger partial charge in [0.25, 0.3) is 5.91 Å². The maximum Gasteiger partial charge on any atom is 0.256 e. The van der Waals surface area contributed by atoms with Crippen molar-refractivity contribution in [1.82, 2.24) is 0 Å². The van der Waals surface area contributed by atoms with E-state index in [2.05, 4.69) is 5.32 Å². The summed E-state index contributed by atoms with van der Waals surface area (Å²) >= 11 is 0. The van der Waals surface area contributed by atoms with E-state index in [0.717, 1.165) is 16.2 Å². The Balaban J connectivity index is 1.78. The molecule has 0 aromatic heterocycles. The molecule has 1 N–H and O–H groups in total. The molecule has 6 heteroatoms. The van der Waals surface area contributed by atoms with E-state index in [1.807, 2.05) is 31.2 Å². The quantitative estimate of drug-likeness (QED) is 0.851. The molecule has 1 atom stereocenters. The van der Waals surface area contributed by atoms with E-state index in [-0.39, 0.29) is 23.8 Å². The molecule has 0 saturated carbocycles. The van der Waals surface area contributed by atoms with Gasteiger partial charge in [-0.1, -0.05) is 29.8 Å². The summed E-state index contributed by atoms with van der Waals surface area (Å²) in [6.45, 7) is 1.96. The number of benzene rings is 2. The Kier molecular flexibility index (Phi) is 4.04. The van der Waals surface area contributed by atoms with Gasteiger partial charge in [-0.25, -0.2) is 4.90 Å². The van der Waals surface area contributed by atoms with Crippen molar-refractivity contribution in [3.05, 3.63) is 59.7 Å². The van der Waals surface area contributed by atoms with Crippen LogP contribution in [0.1, 0.15) is 22.3 Å². The van der Waals surface area contributed by atoms with Crippen molar-refractivity contribution >= 4 is 29.2 Å². The SMILES string of the molecule is Cc1ccc(N[C@@H]2CC(=O)N(c3ccc(C(=O)[O-])cc3)C2=O)cc1. The van der Waals surface area contributed by atoms with Gasteiger partial charge in [0.2, 0.25) is 5.91 Å². The molecule has 1 fully saturated rings. The van der Waals surface area contributed by atoms with Crippen molar-refractivity contribution in [2.24, 2.45) is 0 Å². The van der Waals surface area contributed by atoms with Crippen LogP contribution in [-0.2, 0) is 9.59 Å². The van der Waals surface area contributed by atoms with Crippen molar-refractivity contribution in [2.75, 3.05) is 10.2 Å². The van der Waals surface area contributed by atoms with Gasteiger partial charge >= 0.3 is 0 Å². The molecule has 1 aliphatic heterocycles. The zero-order valence-electron chi connectivity index (χ0n) is 13.0. The van der Waals surface area contributed by atoms with Crippen LogP contribution in [0.3, 0.4) is 0 Å². The number of carbonyl (C=O) groups excluding carboxylic acids is 3. The van der Waals surface area contributed by atoms with E-state index < -0.39 is 12.0 Å². The van der Waals surface area contributed by atoms with E-state index in [9.17, 15) is 19.5 Å². The first-order valence-corrected chi connectivity index (χ1v) is 7.47. The number of anilines is 2. The Morgan fingerprint density at radius 3 is 2.29 bits per heavy atom. The highest BCUT2D eigenvalue weighted by Crippen LogP contribution is 2.25. The maximum absolute atomic E-state index is 12.5. The summed E-state index contributed by atoms with van der Waals surface area (Å²) in [5.74, 6) is -1.99. The summed E-state index contributed by atoms with van der Waals surface area (Å²) in [5.41, 5.74) is 2.21. The number of carboxylic acid groups (broad SMARTS) is 1. The summed E-state index contributed by atoms with van der Waals surface area (Å²) in [5, 5.41) is 13.8. The molecule has 24 heavy (non-hydrogen) atoms. The summed E-state index contributed by atoms with van der Waals surface area (Å²) in [6, 6.07) is 12.4. The van der Waals surface area contributed by atoms with E-state index in [0.29, 0.717) is 5.69 Å². The highest BCUT2D eigenvalue weighted by atomic mass is 16.4. The number of imide groups is 1. The molecule has 2 amide bonds. The molecule has 0 bridgehead atoms. The fraction of sp³-hybridized carbons (Fsp3) is 0.167. The lowest BCUT2D eigenvalue weighted by molar-refractivity contribution is -0.255. The lowest BCUT2D eigenvalue weighted by Crippen LogP contribution is -2.34. The number of nitrogens with one attached hydrogen (secondary N) is 1. The van der Waals surface area contributed by atoms with Gasteiger partial charge in [-0.05, 0) is 36.8 Å². The lowest BCUT2D eigenvalue weighted by Gasteiger charge is -2.16. The molecule has 1 aliphatic rings. The first-order valence-electron chi connectivity index (χ1n) is 7.47. The van der Waals surface area contributed by atoms with Crippen molar-refractivity contribution in [3.63, 3.8) is 0 Å². The number of carboxylic acids is 1. The van der Waals surface area contributed by atoms with Crippen LogP contribution in [0.25, 0.3) is 0 Å². The third-order valence-electron chi connectivity index (χ3n) is 3.90. The first-order chi connectivity index (χ1) is 11.5. The molecule has 0 aliphatic carbocycles. The number of aromatic carboxylic acids is 1. The van der Waals surface area contributed by atoms with E-state index in [1.54, 1.807) is 0 Å². The van der Waals surface area contributed by atoms with E-state index in [4.69, 9.17) is 0 Å². The van der Waals surface area contributed by atoms with Gasteiger partial charge in [-0.3, -0.25) is 9.59 Å². The fourth-order valence-corrected chi connectivity index (χ4v) is 2.61. The van der Waals surface area contributed by atoms with Gasteiger partial charge in [0.1, 0.15) is 6.04 Å². The minimum absolute atomic E-state index is 0.00725. The highest BCUT2D eigenvalue weighted by molar-refractivity contribution is 6.23. The number of carbonyl (C=O) groups is 3. The highest BCUT2D eigenvalue weighted by Gasteiger charge is 2.39.